The fourth-order valence-electron chi connectivity index (χ4n) is 4.13. The van der Waals surface area contributed by atoms with Crippen LogP contribution < -0.4 is 9.77 Å². The van der Waals surface area contributed by atoms with Gasteiger partial charge in [-0.3, -0.25) is 4.79 Å². The third-order valence-electron chi connectivity index (χ3n) is 5.58. The lowest BCUT2D eigenvalue weighted by Crippen LogP contribution is -2.38. The van der Waals surface area contributed by atoms with E-state index in [1.54, 1.807) is 0 Å². The van der Waals surface area contributed by atoms with Crippen molar-refractivity contribution in [3.63, 3.8) is 0 Å². The maximum Gasteiger partial charge on any atom is 0.305 e. The molecule has 0 saturated carbocycles. The van der Waals surface area contributed by atoms with Gasteiger partial charge in [0.15, 0.2) is 0 Å². The van der Waals surface area contributed by atoms with E-state index in [2.05, 4.69) is 33.1 Å². The van der Waals surface area contributed by atoms with Crippen molar-refractivity contribution in [3.05, 3.63) is 70.5 Å². The van der Waals surface area contributed by atoms with E-state index in [1.165, 1.54) is 11.3 Å². The molecular formula is C23H19N5O2S. The maximum atomic E-state index is 11.8. The van der Waals surface area contributed by atoms with Gasteiger partial charge in [-0.1, -0.05) is 47.7 Å². The summed E-state index contributed by atoms with van der Waals surface area (Å²) in [6.07, 6.45) is 1.84. The summed E-state index contributed by atoms with van der Waals surface area (Å²) in [5, 5.41) is 5.03. The summed E-state index contributed by atoms with van der Waals surface area (Å²) in [4.78, 5) is 21.5. The van der Waals surface area contributed by atoms with Crippen molar-refractivity contribution < 1.29 is 4.74 Å². The number of nitrogens with zero attached hydrogens (tertiary/aromatic N) is 4. The summed E-state index contributed by atoms with van der Waals surface area (Å²) in [7, 11) is 0. The highest BCUT2D eigenvalue weighted by molar-refractivity contribution is 7.16. The molecule has 0 spiro atoms. The summed E-state index contributed by atoms with van der Waals surface area (Å²) in [5.74, 6) is 0.816. The topological polar surface area (TPSA) is 75.5 Å². The predicted octanol–water partition coefficient (Wildman–Crippen LogP) is 3.80. The highest BCUT2D eigenvalue weighted by Gasteiger charge is 2.22. The number of hydrogen-bond acceptors (Lipinski definition) is 6. The lowest BCUT2D eigenvalue weighted by molar-refractivity contribution is 0.122. The van der Waals surface area contributed by atoms with E-state index < -0.39 is 0 Å². The van der Waals surface area contributed by atoms with E-state index in [0.717, 1.165) is 57.2 Å². The van der Waals surface area contributed by atoms with Crippen LogP contribution in [-0.4, -0.2) is 45.9 Å². The third kappa shape index (κ3) is 3.11. The Kier molecular flexibility index (Phi) is 4.33. The van der Waals surface area contributed by atoms with Gasteiger partial charge in [0.1, 0.15) is 5.69 Å². The van der Waals surface area contributed by atoms with E-state index in [9.17, 15) is 4.79 Å². The Morgan fingerprint density at radius 1 is 1.00 bits per heavy atom. The Morgan fingerprint density at radius 2 is 1.84 bits per heavy atom. The monoisotopic (exact) mass is 429 g/mol. The second-order valence-electron chi connectivity index (χ2n) is 7.46. The fourth-order valence-corrected chi connectivity index (χ4v) is 4.90. The lowest BCUT2D eigenvalue weighted by Gasteiger charge is -2.27. The molecule has 0 bridgehead atoms. The number of nitrogens with one attached hydrogen (secondary N) is 1. The largest absolute Gasteiger partial charge is 0.378 e. The van der Waals surface area contributed by atoms with E-state index >= 15 is 0 Å². The zero-order chi connectivity index (χ0) is 20.8. The van der Waals surface area contributed by atoms with Gasteiger partial charge in [0.2, 0.25) is 5.95 Å². The summed E-state index contributed by atoms with van der Waals surface area (Å²) in [5.41, 5.74) is 5.83. The predicted molar refractivity (Wildman–Crippen MR) is 123 cm³/mol. The van der Waals surface area contributed by atoms with Gasteiger partial charge in [-0.05, 0) is 23.8 Å². The average molecular weight is 430 g/mol. The van der Waals surface area contributed by atoms with Gasteiger partial charge in [-0.2, -0.15) is 9.61 Å². The lowest BCUT2D eigenvalue weighted by atomic mass is 10.00. The van der Waals surface area contributed by atoms with E-state index in [0.29, 0.717) is 13.2 Å². The second kappa shape index (κ2) is 7.33. The number of fused-ring (bicyclic) bond motifs is 2. The third-order valence-corrected chi connectivity index (χ3v) is 6.43. The molecule has 1 saturated heterocycles. The molecule has 0 amide bonds. The Morgan fingerprint density at radius 3 is 2.68 bits per heavy atom. The van der Waals surface area contributed by atoms with Gasteiger partial charge in [0.05, 0.1) is 28.9 Å². The van der Waals surface area contributed by atoms with Crippen LogP contribution in [0.1, 0.15) is 0 Å². The molecule has 6 rings (SSSR count). The number of hydrogen-bond donors (Lipinski definition) is 1. The van der Waals surface area contributed by atoms with Crippen LogP contribution in [0.3, 0.4) is 0 Å². The summed E-state index contributed by atoms with van der Waals surface area (Å²) >= 11 is 1.22. The molecule has 0 aliphatic carbocycles. The zero-order valence-electron chi connectivity index (χ0n) is 16.6. The van der Waals surface area contributed by atoms with E-state index in [4.69, 9.17) is 9.84 Å². The normalized spacial score (nSPS) is 14.5. The van der Waals surface area contributed by atoms with Gasteiger partial charge in [0.25, 0.3) is 0 Å². The Labute approximate surface area is 181 Å². The molecule has 1 N–H and O–H groups in total. The first-order chi connectivity index (χ1) is 15.3. The van der Waals surface area contributed by atoms with Crippen molar-refractivity contribution in [1.82, 2.24) is 19.6 Å². The Hall–Kier alpha value is -3.49. The van der Waals surface area contributed by atoms with Crippen LogP contribution in [0.4, 0.5) is 5.95 Å². The minimum Gasteiger partial charge on any atom is -0.378 e. The summed E-state index contributed by atoms with van der Waals surface area (Å²) in [6.45, 7) is 2.93. The molecule has 1 aliphatic heterocycles. The van der Waals surface area contributed by atoms with Gasteiger partial charge in [-0.15, -0.1) is 0 Å². The number of H-pyrrole nitrogens is 1. The minimum absolute atomic E-state index is 0.0471. The average Bonchev–Trinajstić information content (AvgIpc) is 3.39. The molecule has 3 aromatic heterocycles. The van der Waals surface area contributed by atoms with Gasteiger partial charge in [-0.25, -0.2) is 4.98 Å². The van der Waals surface area contributed by atoms with Crippen LogP contribution in [0.5, 0.6) is 0 Å². The second-order valence-corrected chi connectivity index (χ2v) is 8.47. The first-order valence-electron chi connectivity index (χ1n) is 10.2. The molecule has 8 heteroatoms. The Balaban J connectivity index is 1.63. The van der Waals surface area contributed by atoms with E-state index in [1.807, 2.05) is 47.1 Å². The molecule has 4 heterocycles. The molecule has 2 aromatic carbocycles. The fraction of sp³-hybridized carbons (Fsp3) is 0.174. The standard InChI is InChI=1S/C23H19N5O2S/c29-23-25-17-7-6-16(14-19(17)31-23)20-18-8-9-24-22(27-10-12-30-13-11-27)28(18)26-21(20)15-4-2-1-3-5-15/h1-9,14H,10-13H2,(H,25,29). The van der Waals surface area contributed by atoms with Gasteiger partial charge in [0, 0.05) is 30.4 Å². The van der Waals surface area contributed by atoms with Crippen LogP contribution in [0.25, 0.3) is 38.1 Å². The van der Waals surface area contributed by atoms with Crippen LogP contribution in [-0.2, 0) is 4.74 Å². The minimum atomic E-state index is -0.0471. The molecule has 0 atom stereocenters. The molecule has 5 aromatic rings. The number of anilines is 1. The Bertz CT molecular complexity index is 1450. The quantitative estimate of drug-likeness (QED) is 0.472. The smallest absolute Gasteiger partial charge is 0.305 e. The number of ether oxygens (including phenoxy) is 1. The number of aromatic nitrogens is 4. The van der Waals surface area contributed by atoms with Crippen molar-refractivity contribution in [2.45, 2.75) is 0 Å². The zero-order valence-corrected chi connectivity index (χ0v) is 17.4. The number of benzene rings is 2. The molecular weight excluding hydrogens is 410 g/mol. The first kappa shape index (κ1) is 18.3. The van der Waals surface area contributed by atoms with Crippen LogP contribution in [0, 0.1) is 0 Å². The number of rotatable bonds is 3. The molecule has 31 heavy (non-hydrogen) atoms. The summed E-state index contributed by atoms with van der Waals surface area (Å²) in [6, 6.07) is 18.3. The SMILES string of the molecule is O=c1[nH]c2ccc(-c3c(-c4ccccc4)nn4c(N5CCOCC5)nccc34)cc2s1. The molecule has 1 aliphatic rings. The van der Waals surface area contributed by atoms with Crippen LogP contribution >= 0.6 is 11.3 Å². The highest BCUT2D eigenvalue weighted by Crippen LogP contribution is 2.37. The van der Waals surface area contributed by atoms with Gasteiger partial charge >= 0.3 is 4.87 Å². The first-order valence-corrected chi connectivity index (χ1v) is 11.0. The van der Waals surface area contributed by atoms with E-state index in [-0.39, 0.29) is 4.87 Å². The number of thiazole rings is 1. The van der Waals surface area contributed by atoms with Crippen molar-refractivity contribution in [1.29, 1.82) is 0 Å². The van der Waals surface area contributed by atoms with Gasteiger partial charge < -0.3 is 14.6 Å². The highest BCUT2D eigenvalue weighted by atomic mass is 32.1. The maximum absolute atomic E-state index is 11.8. The molecule has 154 valence electrons. The summed E-state index contributed by atoms with van der Waals surface area (Å²) < 4.78 is 8.39. The van der Waals surface area contributed by atoms with Crippen LogP contribution in [0.15, 0.2) is 65.6 Å². The molecule has 1 fully saturated rings. The number of morpholine rings is 1. The molecule has 0 unspecified atom stereocenters. The van der Waals surface area contributed by atoms with Crippen molar-refractivity contribution in [2.75, 3.05) is 31.2 Å². The number of aromatic amines is 1. The van der Waals surface area contributed by atoms with Crippen molar-refractivity contribution >= 4 is 33.0 Å². The van der Waals surface area contributed by atoms with Crippen molar-refractivity contribution in [2.24, 2.45) is 0 Å². The van der Waals surface area contributed by atoms with Crippen molar-refractivity contribution in [3.8, 4) is 22.4 Å². The molecule has 0 radical (unpaired) electrons. The molecule has 7 nitrogen and oxygen atoms in total. The van der Waals surface area contributed by atoms with Crippen LogP contribution in [0.2, 0.25) is 0 Å².